The lowest BCUT2D eigenvalue weighted by Crippen LogP contribution is -2.11. The van der Waals surface area contributed by atoms with Crippen molar-refractivity contribution in [3.63, 3.8) is 0 Å². The lowest BCUT2D eigenvalue weighted by atomic mass is 10.1. The maximum atomic E-state index is 11.7. The van der Waals surface area contributed by atoms with Crippen molar-refractivity contribution < 1.29 is 17.9 Å². The van der Waals surface area contributed by atoms with Crippen LogP contribution in [0, 0.1) is 0 Å². The largest absolute Gasteiger partial charge is 0.572 e. The molecule has 0 heterocycles. The van der Waals surface area contributed by atoms with Crippen LogP contribution in [0.15, 0.2) is 35.6 Å². The summed E-state index contributed by atoms with van der Waals surface area (Å²) in [5, 5.41) is 0. The van der Waals surface area contributed by atoms with E-state index in [-0.39, 0.29) is 5.76 Å². The molecule has 0 radical (unpaired) electrons. The highest BCUT2D eigenvalue weighted by atomic mass is 19.4. The zero-order chi connectivity index (χ0) is 11.4. The van der Waals surface area contributed by atoms with E-state index < -0.39 is 6.36 Å². The molecule has 0 aliphatic carbocycles. The van der Waals surface area contributed by atoms with Crippen molar-refractivity contribution in [3.05, 3.63) is 35.6 Å². The van der Waals surface area contributed by atoms with Gasteiger partial charge in [0.2, 0.25) is 0 Å². The van der Waals surface area contributed by atoms with Gasteiger partial charge in [-0.25, -0.2) is 0 Å². The first-order valence-corrected chi connectivity index (χ1v) is 4.00. The quantitative estimate of drug-likeness (QED) is 0.501. The molecule has 80 valence electrons. The summed E-state index contributed by atoms with van der Waals surface area (Å²) in [6.07, 6.45) is -1.72. The van der Waals surface area contributed by atoms with Gasteiger partial charge < -0.3 is 4.74 Å². The molecule has 0 unspecified atom stereocenters. The summed E-state index contributed by atoms with van der Waals surface area (Å²) in [5.74, 6) is -0.184. The fourth-order valence-electron chi connectivity index (χ4n) is 0.792. The number of hydrogen-bond acceptors (Lipinski definition) is 1. The topological polar surface area (TPSA) is 9.23 Å². The highest BCUT2D eigenvalue weighted by molar-refractivity contribution is 5.29. The summed E-state index contributed by atoms with van der Waals surface area (Å²) in [6.45, 7) is 8.23. The lowest BCUT2D eigenvalue weighted by molar-refractivity contribution is -0.305. The molecule has 0 fully saturated rings. The second kappa shape index (κ2) is 4.88. The highest BCUT2D eigenvalue weighted by Gasteiger charge is 2.30. The fraction of sp³-hybridized carbons (Fsp3) is 0.400. The second-order valence-electron chi connectivity index (χ2n) is 2.87. The summed E-state index contributed by atoms with van der Waals surface area (Å²) in [5.41, 5.74) is 1.51. The summed E-state index contributed by atoms with van der Waals surface area (Å²) in [4.78, 5) is 0. The molecule has 0 amide bonds. The minimum absolute atomic E-state index is 0.184. The number of allylic oxidation sites excluding steroid dienone is 5. The Bertz CT molecular complexity index is 272. The van der Waals surface area contributed by atoms with E-state index in [2.05, 4.69) is 11.3 Å². The van der Waals surface area contributed by atoms with Crippen LogP contribution >= 0.6 is 0 Å². The van der Waals surface area contributed by atoms with Crippen molar-refractivity contribution in [2.75, 3.05) is 0 Å². The third-order valence-electron chi connectivity index (χ3n) is 1.62. The van der Waals surface area contributed by atoms with Crippen LogP contribution in [0.25, 0.3) is 0 Å². The normalized spacial score (nSPS) is 14.9. The van der Waals surface area contributed by atoms with Crippen molar-refractivity contribution in [3.8, 4) is 0 Å². The zero-order valence-electron chi connectivity index (χ0n) is 8.40. The second-order valence-corrected chi connectivity index (χ2v) is 2.87. The van der Waals surface area contributed by atoms with Crippen LogP contribution in [-0.4, -0.2) is 6.36 Å². The summed E-state index contributed by atoms with van der Waals surface area (Å²) in [7, 11) is 0. The van der Waals surface area contributed by atoms with Gasteiger partial charge in [0.15, 0.2) is 0 Å². The zero-order valence-corrected chi connectivity index (χ0v) is 8.40. The minimum atomic E-state index is -4.62. The van der Waals surface area contributed by atoms with Crippen molar-refractivity contribution in [1.82, 2.24) is 0 Å². The molecule has 0 rings (SSSR count). The molecule has 0 aliphatic rings. The molecular weight excluding hydrogens is 193 g/mol. The minimum Gasteiger partial charge on any atom is -0.411 e. The molecule has 0 aromatic carbocycles. The molecule has 0 aromatic heterocycles. The molecule has 1 nitrogen and oxygen atoms in total. The van der Waals surface area contributed by atoms with E-state index in [1.165, 1.54) is 13.0 Å². The van der Waals surface area contributed by atoms with Crippen LogP contribution in [0.3, 0.4) is 0 Å². The smallest absolute Gasteiger partial charge is 0.411 e. The molecular formula is C10H13F3O. The van der Waals surface area contributed by atoms with Gasteiger partial charge >= 0.3 is 6.36 Å². The molecule has 14 heavy (non-hydrogen) atoms. The molecule has 0 saturated carbocycles. The number of rotatable bonds is 3. The Morgan fingerprint density at radius 3 is 2.00 bits per heavy atom. The van der Waals surface area contributed by atoms with Gasteiger partial charge in [-0.2, -0.15) is 0 Å². The summed E-state index contributed by atoms with van der Waals surface area (Å²) in [6, 6.07) is 0. The fourth-order valence-corrected chi connectivity index (χ4v) is 0.792. The first kappa shape index (κ1) is 12.8. The van der Waals surface area contributed by atoms with Crippen molar-refractivity contribution in [1.29, 1.82) is 0 Å². The van der Waals surface area contributed by atoms with Crippen molar-refractivity contribution >= 4 is 0 Å². The number of ether oxygens (including phenoxy) is 1. The van der Waals surface area contributed by atoms with Crippen LogP contribution in [0.4, 0.5) is 13.2 Å². The van der Waals surface area contributed by atoms with Gasteiger partial charge in [-0.3, -0.25) is 0 Å². The molecule has 4 heteroatoms. The van der Waals surface area contributed by atoms with E-state index in [4.69, 9.17) is 0 Å². The maximum absolute atomic E-state index is 11.7. The van der Waals surface area contributed by atoms with Crippen LogP contribution < -0.4 is 0 Å². The van der Waals surface area contributed by atoms with Crippen LogP contribution in [0.2, 0.25) is 0 Å². The van der Waals surface area contributed by atoms with Gasteiger partial charge in [-0.15, -0.1) is 13.2 Å². The number of alkyl halides is 3. The van der Waals surface area contributed by atoms with E-state index in [0.29, 0.717) is 5.57 Å². The molecule has 0 spiro atoms. The molecule has 0 N–H and O–H groups in total. The average Bonchev–Trinajstić information content (AvgIpc) is 1.99. The summed E-state index contributed by atoms with van der Waals surface area (Å²) < 4.78 is 38.9. The Morgan fingerprint density at radius 1 is 1.14 bits per heavy atom. The van der Waals surface area contributed by atoms with E-state index in [1.54, 1.807) is 19.9 Å². The van der Waals surface area contributed by atoms with Gasteiger partial charge in [0.05, 0.1) is 0 Å². The molecule has 0 aromatic rings. The van der Waals surface area contributed by atoms with E-state index in [0.717, 1.165) is 5.57 Å². The van der Waals surface area contributed by atoms with Gasteiger partial charge in [0.1, 0.15) is 5.76 Å². The molecule has 0 saturated heterocycles. The molecule has 0 aliphatic heterocycles. The van der Waals surface area contributed by atoms with Crippen molar-refractivity contribution in [2.24, 2.45) is 0 Å². The van der Waals surface area contributed by atoms with E-state index in [1.807, 2.05) is 0 Å². The Kier molecular flexibility index (Phi) is 4.47. The number of halogens is 3. The third kappa shape index (κ3) is 5.45. The SMILES string of the molecule is C=C/C(C)=C(C)\C=C(/C)OC(F)(F)F. The van der Waals surface area contributed by atoms with Gasteiger partial charge in [-0.05, 0) is 38.0 Å². The van der Waals surface area contributed by atoms with Crippen LogP contribution in [0.1, 0.15) is 20.8 Å². The summed E-state index contributed by atoms with van der Waals surface area (Å²) >= 11 is 0. The third-order valence-corrected chi connectivity index (χ3v) is 1.62. The Balaban J connectivity index is 4.61. The van der Waals surface area contributed by atoms with E-state index >= 15 is 0 Å². The Hall–Kier alpha value is -1.19. The lowest BCUT2D eigenvalue weighted by Gasteiger charge is -2.09. The first-order valence-electron chi connectivity index (χ1n) is 4.00. The first-order chi connectivity index (χ1) is 6.26. The van der Waals surface area contributed by atoms with Gasteiger partial charge in [0, 0.05) is 0 Å². The predicted octanol–water partition coefficient (Wildman–Crippen LogP) is 3.95. The number of hydrogen-bond donors (Lipinski definition) is 0. The standard InChI is InChI=1S/C10H13F3O/c1-5-7(2)8(3)6-9(4)14-10(11,12)13/h5-6H,1H2,2-4H3/b8-7-,9-6+. The van der Waals surface area contributed by atoms with E-state index in [9.17, 15) is 13.2 Å². The van der Waals surface area contributed by atoms with Gasteiger partial charge in [0.25, 0.3) is 0 Å². The Morgan fingerprint density at radius 2 is 1.64 bits per heavy atom. The van der Waals surface area contributed by atoms with Crippen molar-refractivity contribution in [2.45, 2.75) is 27.1 Å². The highest BCUT2D eigenvalue weighted by Crippen LogP contribution is 2.21. The monoisotopic (exact) mass is 206 g/mol. The average molecular weight is 206 g/mol. The van der Waals surface area contributed by atoms with Gasteiger partial charge in [-0.1, -0.05) is 12.7 Å². The Labute approximate surface area is 81.6 Å². The molecule has 0 bridgehead atoms. The maximum Gasteiger partial charge on any atom is 0.572 e. The molecule has 0 atom stereocenters. The van der Waals surface area contributed by atoms with Crippen LogP contribution in [-0.2, 0) is 4.74 Å². The van der Waals surface area contributed by atoms with Crippen LogP contribution in [0.5, 0.6) is 0 Å². The predicted molar refractivity (Wildman–Crippen MR) is 49.5 cm³/mol.